The molecule has 1 rings (SSSR count). The molecule has 0 heterocycles. The van der Waals surface area contributed by atoms with Crippen molar-refractivity contribution in [2.75, 3.05) is 12.3 Å². The lowest BCUT2D eigenvalue weighted by molar-refractivity contribution is 0.415. The molecule has 0 aliphatic heterocycles. The molecule has 1 aromatic carbocycles. The van der Waals surface area contributed by atoms with Crippen molar-refractivity contribution in [3.63, 3.8) is 0 Å². The second-order valence-electron chi connectivity index (χ2n) is 5.52. The highest BCUT2D eigenvalue weighted by Crippen LogP contribution is 2.18. The average molecular weight is 290 g/mol. The Morgan fingerprint density at radius 2 is 2.20 bits per heavy atom. The zero-order chi connectivity index (χ0) is 14.8. The van der Waals surface area contributed by atoms with Gasteiger partial charge in [0, 0.05) is 5.75 Å². The molecule has 1 atom stereocenters. The summed E-state index contributed by atoms with van der Waals surface area (Å²) in [5, 5.41) is 12.6. The molecule has 1 aromatic rings. The van der Waals surface area contributed by atoms with Gasteiger partial charge in [-0.25, -0.2) is 0 Å². The van der Waals surface area contributed by atoms with Crippen LogP contribution in [0.15, 0.2) is 24.3 Å². The zero-order valence-electron chi connectivity index (χ0n) is 12.9. The maximum Gasteiger partial charge on any atom is 0.103 e. The molecule has 0 saturated heterocycles. The van der Waals surface area contributed by atoms with E-state index in [1.165, 1.54) is 11.1 Å². The fourth-order valence-electron chi connectivity index (χ4n) is 2.10. The molecule has 20 heavy (non-hydrogen) atoms. The summed E-state index contributed by atoms with van der Waals surface area (Å²) < 4.78 is 0. The van der Waals surface area contributed by atoms with Gasteiger partial charge in [0.05, 0.1) is 6.07 Å². The minimum atomic E-state index is -0.361. The van der Waals surface area contributed by atoms with E-state index >= 15 is 0 Å². The zero-order valence-corrected chi connectivity index (χ0v) is 13.7. The number of rotatable bonds is 9. The van der Waals surface area contributed by atoms with E-state index in [2.05, 4.69) is 49.5 Å². The van der Waals surface area contributed by atoms with Gasteiger partial charge in [-0.05, 0) is 51.0 Å². The van der Waals surface area contributed by atoms with Crippen molar-refractivity contribution in [2.24, 2.45) is 0 Å². The van der Waals surface area contributed by atoms with Crippen LogP contribution < -0.4 is 5.32 Å². The summed E-state index contributed by atoms with van der Waals surface area (Å²) in [6.07, 6.45) is 3.07. The van der Waals surface area contributed by atoms with Gasteiger partial charge in [-0.3, -0.25) is 5.32 Å². The first-order valence-electron chi connectivity index (χ1n) is 7.39. The van der Waals surface area contributed by atoms with Crippen LogP contribution >= 0.6 is 11.8 Å². The molecule has 0 amide bonds. The van der Waals surface area contributed by atoms with Crippen molar-refractivity contribution in [3.05, 3.63) is 35.4 Å². The number of nitrogens with one attached hydrogen (secondary N) is 1. The Kier molecular flexibility index (Phi) is 7.72. The maximum absolute atomic E-state index is 9.26. The fraction of sp³-hybridized carbons (Fsp3) is 0.588. The molecule has 0 bridgehead atoms. The molecule has 0 saturated carbocycles. The normalized spacial score (nSPS) is 13.7. The van der Waals surface area contributed by atoms with E-state index in [0.717, 1.165) is 37.3 Å². The van der Waals surface area contributed by atoms with E-state index in [-0.39, 0.29) is 5.54 Å². The van der Waals surface area contributed by atoms with Gasteiger partial charge in [0.15, 0.2) is 0 Å². The van der Waals surface area contributed by atoms with Gasteiger partial charge in [0.25, 0.3) is 0 Å². The van der Waals surface area contributed by atoms with Crippen LogP contribution in [0.3, 0.4) is 0 Å². The van der Waals surface area contributed by atoms with Gasteiger partial charge in [0.2, 0.25) is 0 Å². The highest BCUT2D eigenvalue weighted by atomic mass is 32.2. The Bertz CT molecular complexity index is 439. The third-order valence-electron chi connectivity index (χ3n) is 3.33. The average Bonchev–Trinajstić information content (AvgIpc) is 2.45. The molecule has 0 aromatic heterocycles. The van der Waals surface area contributed by atoms with Crippen molar-refractivity contribution in [2.45, 2.75) is 51.3 Å². The SMILES string of the molecule is CCCNC(C)(C#N)CCCSCc1cccc(C)c1. The summed E-state index contributed by atoms with van der Waals surface area (Å²) >= 11 is 1.95. The van der Waals surface area contributed by atoms with Crippen molar-refractivity contribution < 1.29 is 0 Å². The molecule has 2 nitrogen and oxygen atoms in total. The Morgan fingerprint density at radius 3 is 2.85 bits per heavy atom. The summed E-state index contributed by atoms with van der Waals surface area (Å²) in [5.74, 6) is 2.17. The van der Waals surface area contributed by atoms with Gasteiger partial charge in [0.1, 0.15) is 5.54 Å². The number of thioether (sulfide) groups is 1. The lowest BCUT2D eigenvalue weighted by Crippen LogP contribution is -2.41. The molecule has 0 fully saturated rings. The smallest absolute Gasteiger partial charge is 0.103 e. The van der Waals surface area contributed by atoms with Crippen LogP contribution in [0.25, 0.3) is 0 Å². The lowest BCUT2D eigenvalue weighted by Gasteiger charge is -2.22. The highest BCUT2D eigenvalue weighted by Gasteiger charge is 2.21. The monoisotopic (exact) mass is 290 g/mol. The third kappa shape index (κ3) is 6.45. The number of nitrogens with zero attached hydrogens (tertiary/aromatic N) is 1. The highest BCUT2D eigenvalue weighted by molar-refractivity contribution is 7.98. The fourth-order valence-corrected chi connectivity index (χ4v) is 3.01. The Balaban J connectivity index is 2.22. The number of hydrogen-bond acceptors (Lipinski definition) is 3. The van der Waals surface area contributed by atoms with Crippen LogP contribution in [0, 0.1) is 18.3 Å². The van der Waals surface area contributed by atoms with Crippen LogP contribution in [0.2, 0.25) is 0 Å². The van der Waals surface area contributed by atoms with E-state index in [1.54, 1.807) is 0 Å². The first-order valence-corrected chi connectivity index (χ1v) is 8.54. The van der Waals surface area contributed by atoms with Gasteiger partial charge < -0.3 is 0 Å². The third-order valence-corrected chi connectivity index (χ3v) is 4.44. The van der Waals surface area contributed by atoms with E-state index in [4.69, 9.17) is 0 Å². The molecule has 0 radical (unpaired) electrons. The van der Waals surface area contributed by atoms with E-state index in [1.807, 2.05) is 18.7 Å². The molecular formula is C17H26N2S. The number of nitriles is 1. The van der Waals surface area contributed by atoms with Gasteiger partial charge >= 0.3 is 0 Å². The molecule has 1 unspecified atom stereocenters. The first-order chi connectivity index (χ1) is 9.59. The number of aryl methyl sites for hydroxylation is 1. The second kappa shape index (κ2) is 9.05. The van der Waals surface area contributed by atoms with Crippen molar-refractivity contribution in [3.8, 4) is 6.07 Å². The van der Waals surface area contributed by atoms with Crippen LogP contribution in [0.5, 0.6) is 0 Å². The molecule has 3 heteroatoms. The van der Waals surface area contributed by atoms with Crippen molar-refractivity contribution in [1.29, 1.82) is 5.26 Å². The van der Waals surface area contributed by atoms with Gasteiger partial charge in [-0.1, -0.05) is 36.8 Å². The van der Waals surface area contributed by atoms with E-state index in [0.29, 0.717) is 0 Å². The largest absolute Gasteiger partial charge is 0.300 e. The standard InChI is InChI=1S/C17H26N2S/c1-4-10-19-17(3,14-18)9-6-11-20-13-16-8-5-7-15(2)12-16/h5,7-8,12,19H,4,6,9-11,13H2,1-3H3. The van der Waals surface area contributed by atoms with Crippen LogP contribution in [0.4, 0.5) is 0 Å². The topological polar surface area (TPSA) is 35.8 Å². The molecule has 1 N–H and O–H groups in total. The van der Waals surface area contributed by atoms with Gasteiger partial charge in [-0.15, -0.1) is 0 Å². The van der Waals surface area contributed by atoms with E-state index < -0.39 is 0 Å². The predicted octanol–water partition coefficient (Wildman–Crippen LogP) is 4.29. The number of benzene rings is 1. The summed E-state index contributed by atoms with van der Waals surface area (Å²) in [5.41, 5.74) is 2.35. The lowest BCUT2D eigenvalue weighted by atomic mass is 9.98. The molecule has 110 valence electrons. The van der Waals surface area contributed by atoms with Crippen LogP contribution in [0.1, 0.15) is 44.2 Å². The molecule has 0 aliphatic rings. The molecule has 0 spiro atoms. The molecular weight excluding hydrogens is 264 g/mol. The maximum atomic E-state index is 9.26. The summed E-state index contributed by atoms with van der Waals surface area (Å²) in [6.45, 7) is 7.18. The summed E-state index contributed by atoms with van der Waals surface area (Å²) in [7, 11) is 0. The predicted molar refractivity (Wildman–Crippen MR) is 88.9 cm³/mol. The van der Waals surface area contributed by atoms with Gasteiger partial charge in [-0.2, -0.15) is 17.0 Å². The Morgan fingerprint density at radius 1 is 1.40 bits per heavy atom. The Labute approximate surface area is 128 Å². The molecule has 0 aliphatic carbocycles. The second-order valence-corrected chi connectivity index (χ2v) is 6.62. The summed E-state index contributed by atoms with van der Waals surface area (Å²) in [6, 6.07) is 11.1. The number of hydrogen-bond donors (Lipinski definition) is 1. The van der Waals surface area contributed by atoms with E-state index in [9.17, 15) is 5.26 Å². The van der Waals surface area contributed by atoms with Crippen molar-refractivity contribution >= 4 is 11.8 Å². The minimum Gasteiger partial charge on any atom is -0.300 e. The van der Waals surface area contributed by atoms with Crippen molar-refractivity contribution in [1.82, 2.24) is 5.32 Å². The quantitative estimate of drug-likeness (QED) is 0.689. The van der Waals surface area contributed by atoms with Crippen LogP contribution in [-0.2, 0) is 5.75 Å². The Hall–Kier alpha value is -0.980. The summed E-state index contributed by atoms with van der Waals surface area (Å²) in [4.78, 5) is 0. The first kappa shape index (κ1) is 17.1. The minimum absolute atomic E-state index is 0.361. The van der Waals surface area contributed by atoms with Crippen LogP contribution in [-0.4, -0.2) is 17.8 Å².